The number of nitrogens with zero attached hydrogens (tertiary/aromatic N) is 3. The Morgan fingerprint density at radius 3 is 2.50 bits per heavy atom. The van der Waals surface area contributed by atoms with E-state index < -0.39 is 0 Å². The van der Waals surface area contributed by atoms with Crippen LogP contribution in [-0.4, -0.2) is 100 Å². The molecule has 0 aliphatic carbocycles. The number of nitrogens with one attached hydrogen (secondary N) is 2. The van der Waals surface area contributed by atoms with Crippen LogP contribution in [0.15, 0.2) is 29.3 Å². The van der Waals surface area contributed by atoms with Gasteiger partial charge in [0.2, 0.25) is 0 Å². The first kappa shape index (κ1) is 24.8. The predicted molar refractivity (Wildman–Crippen MR) is 128 cm³/mol. The predicted octanol–water partition coefficient (Wildman–Crippen LogP) is 1.56. The van der Waals surface area contributed by atoms with E-state index in [0.29, 0.717) is 13.2 Å². The highest BCUT2D eigenvalue weighted by atomic mass is 16.5. The average Bonchev–Trinajstić information content (AvgIpc) is 2.82. The molecule has 32 heavy (non-hydrogen) atoms. The molecule has 2 saturated heterocycles. The summed E-state index contributed by atoms with van der Waals surface area (Å²) >= 11 is 0. The van der Waals surface area contributed by atoms with Gasteiger partial charge in [0.1, 0.15) is 12.4 Å². The van der Waals surface area contributed by atoms with Crippen LogP contribution in [0.5, 0.6) is 5.75 Å². The van der Waals surface area contributed by atoms with Gasteiger partial charge in [-0.15, -0.1) is 0 Å². The number of morpholine rings is 2. The molecule has 0 unspecified atom stereocenters. The summed E-state index contributed by atoms with van der Waals surface area (Å²) in [6, 6.07) is 8.24. The first-order chi connectivity index (χ1) is 15.6. The van der Waals surface area contributed by atoms with E-state index in [1.807, 2.05) is 12.1 Å². The largest absolute Gasteiger partial charge is 0.492 e. The molecule has 8 heteroatoms. The van der Waals surface area contributed by atoms with Crippen LogP contribution >= 0.6 is 0 Å². The van der Waals surface area contributed by atoms with Crippen molar-refractivity contribution in [3.8, 4) is 5.75 Å². The van der Waals surface area contributed by atoms with E-state index in [9.17, 15) is 0 Å². The van der Waals surface area contributed by atoms with E-state index in [4.69, 9.17) is 19.2 Å². The third-order valence-corrected chi connectivity index (χ3v) is 6.00. The lowest BCUT2D eigenvalue weighted by Crippen LogP contribution is -2.56. The Kier molecular flexibility index (Phi) is 10.1. The number of hydrogen-bond donors (Lipinski definition) is 2. The Morgan fingerprint density at radius 2 is 1.78 bits per heavy atom. The van der Waals surface area contributed by atoms with Crippen molar-refractivity contribution in [2.45, 2.75) is 32.9 Å². The normalized spacial score (nSPS) is 19.0. The van der Waals surface area contributed by atoms with E-state index in [-0.39, 0.29) is 5.54 Å². The molecule has 2 heterocycles. The first-order valence-electron chi connectivity index (χ1n) is 11.9. The smallest absolute Gasteiger partial charge is 0.191 e. The zero-order chi connectivity index (χ0) is 22.7. The molecule has 2 fully saturated rings. The second-order valence-electron chi connectivity index (χ2n) is 8.91. The lowest BCUT2D eigenvalue weighted by Gasteiger charge is -2.41. The van der Waals surface area contributed by atoms with Crippen LogP contribution in [0.2, 0.25) is 0 Å². The molecule has 0 radical (unpaired) electrons. The van der Waals surface area contributed by atoms with Crippen molar-refractivity contribution in [1.82, 2.24) is 20.4 Å². The van der Waals surface area contributed by atoms with Gasteiger partial charge in [-0.2, -0.15) is 0 Å². The summed E-state index contributed by atoms with van der Waals surface area (Å²) in [4.78, 5) is 9.66. The third kappa shape index (κ3) is 8.24. The number of guanidine groups is 1. The molecule has 1 aromatic carbocycles. The Balaban J connectivity index is 1.48. The van der Waals surface area contributed by atoms with Gasteiger partial charge in [-0.3, -0.25) is 9.80 Å². The monoisotopic (exact) mass is 447 g/mol. The van der Waals surface area contributed by atoms with Crippen LogP contribution in [0.4, 0.5) is 0 Å². The highest BCUT2D eigenvalue weighted by molar-refractivity contribution is 5.79. The van der Waals surface area contributed by atoms with Crippen LogP contribution in [0.1, 0.15) is 26.3 Å². The van der Waals surface area contributed by atoms with Gasteiger partial charge in [-0.25, -0.2) is 4.99 Å². The van der Waals surface area contributed by atoms with Gasteiger partial charge in [-0.05, 0) is 38.5 Å². The quantitative estimate of drug-likeness (QED) is 0.417. The summed E-state index contributed by atoms with van der Waals surface area (Å²) in [5.41, 5.74) is 1.17. The minimum absolute atomic E-state index is 0.0359. The van der Waals surface area contributed by atoms with E-state index >= 15 is 0 Å². The fourth-order valence-electron chi connectivity index (χ4n) is 3.94. The second kappa shape index (κ2) is 13.0. The molecule has 0 bridgehead atoms. The lowest BCUT2D eigenvalue weighted by molar-refractivity contribution is -0.00834. The molecule has 2 aliphatic heterocycles. The number of hydrogen-bond acceptors (Lipinski definition) is 6. The molecule has 0 amide bonds. The number of ether oxygens (including phenoxy) is 3. The summed E-state index contributed by atoms with van der Waals surface area (Å²) in [7, 11) is 0. The third-order valence-electron chi connectivity index (χ3n) is 6.00. The van der Waals surface area contributed by atoms with Gasteiger partial charge in [-0.1, -0.05) is 12.1 Å². The van der Waals surface area contributed by atoms with Crippen molar-refractivity contribution in [2.75, 3.05) is 78.8 Å². The Morgan fingerprint density at radius 1 is 1.06 bits per heavy atom. The van der Waals surface area contributed by atoms with Gasteiger partial charge in [0.25, 0.3) is 0 Å². The number of aliphatic imine (C=N–C) groups is 1. The first-order valence-corrected chi connectivity index (χ1v) is 11.9. The minimum Gasteiger partial charge on any atom is -0.492 e. The average molecular weight is 448 g/mol. The van der Waals surface area contributed by atoms with Crippen LogP contribution < -0.4 is 15.4 Å². The number of rotatable bonds is 10. The van der Waals surface area contributed by atoms with Gasteiger partial charge in [0.15, 0.2) is 5.96 Å². The van der Waals surface area contributed by atoms with Crippen molar-refractivity contribution >= 4 is 5.96 Å². The maximum absolute atomic E-state index is 5.99. The molecule has 1 aromatic rings. The summed E-state index contributed by atoms with van der Waals surface area (Å²) in [6.45, 7) is 17.7. The molecular weight excluding hydrogens is 406 g/mol. The molecule has 2 aliphatic rings. The Bertz CT molecular complexity index is 701. The van der Waals surface area contributed by atoms with Gasteiger partial charge in [0.05, 0.1) is 33.0 Å². The molecular formula is C24H41N5O3. The lowest BCUT2D eigenvalue weighted by atomic mass is 10.0. The minimum atomic E-state index is 0.0359. The molecule has 2 N–H and O–H groups in total. The van der Waals surface area contributed by atoms with Crippen LogP contribution in [0.25, 0.3) is 0 Å². The molecule has 8 nitrogen and oxygen atoms in total. The summed E-state index contributed by atoms with van der Waals surface area (Å²) in [5, 5.41) is 6.89. The fraction of sp³-hybridized carbons (Fsp3) is 0.708. The van der Waals surface area contributed by atoms with E-state index in [2.05, 4.69) is 53.3 Å². The number of benzene rings is 1. The second-order valence-corrected chi connectivity index (χ2v) is 8.91. The van der Waals surface area contributed by atoms with Crippen LogP contribution in [-0.2, 0) is 16.0 Å². The SMILES string of the molecule is CCNC(=NCc1cccc(OCCN2CCOCC2)c1)NCC(C)(C)N1CCOCC1. The molecule has 180 valence electrons. The zero-order valence-corrected chi connectivity index (χ0v) is 20.1. The van der Waals surface area contributed by atoms with Crippen molar-refractivity contribution in [1.29, 1.82) is 0 Å². The molecule has 0 spiro atoms. The van der Waals surface area contributed by atoms with Crippen molar-refractivity contribution < 1.29 is 14.2 Å². The van der Waals surface area contributed by atoms with E-state index in [1.165, 1.54) is 0 Å². The van der Waals surface area contributed by atoms with Crippen molar-refractivity contribution in [2.24, 2.45) is 4.99 Å². The molecule has 0 aromatic heterocycles. The topological polar surface area (TPSA) is 70.6 Å². The van der Waals surface area contributed by atoms with E-state index in [1.54, 1.807) is 0 Å². The summed E-state index contributed by atoms with van der Waals surface area (Å²) in [6.07, 6.45) is 0. The Hall–Kier alpha value is -1.87. The summed E-state index contributed by atoms with van der Waals surface area (Å²) < 4.78 is 16.9. The van der Waals surface area contributed by atoms with Crippen molar-refractivity contribution in [3.05, 3.63) is 29.8 Å². The van der Waals surface area contributed by atoms with Gasteiger partial charge >= 0.3 is 0 Å². The van der Waals surface area contributed by atoms with Crippen molar-refractivity contribution in [3.63, 3.8) is 0 Å². The Labute approximate surface area is 193 Å². The zero-order valence-electron chi connectivity index (χ0n) is 20.1. The van der Waals surface area contributed by atoms with Crippen LogP contribution in [0, 0.1) is 0 Å². The molecule has 0 atom stereocenters. The fourth-order valence-corrected chi connectivity index (χ4v) is 3.94. The standard InChI is InChI=1S/C24H41N5O3/c1-4-25-23(27-20-24(2,3)29-11-15-31-16-12-29)26-19-21-6-5-7-22(18-21)32-17-10-28-8-13-30-14-9-28/h5-7,18H,4,8-17,19-20H2,1-3H3,(H2,25,26,27). The maximum atomic E-state index is 5.99. The highest BCUT2D eigenvalue weighted by Gasteiger charge is 2.28. The van der Waals surface area contributed by atoms with Gasteiger partial charge < -0.3 is 24.8 Å². The van der Waals surface area contributed by atoms with Gasteiger partial charge in [0, 0.05) is 51.4 Å². The molecule has 3 rings (SSSR count). The highest BCUT2D eigenvalue weighted by Crippen LogP contribution is 2.16. The summed E-state index contributed by atoms with van der Waals surface area (Å²) in [5.74, 6) is 1.74. The maximum Gasteiger partial charge on any atom is 0.191 e. The van der Waals surface area contributed by atoms with Crippen LogP contribution in [0.3, 0.4) is 0 Å². The molecule has 0 saturated carbocycles. The van der Waals surface area contributed by atoms with E-state index in [0.717, 1.165) is 89.5 Å².